The molecule has 0 aliphatic heterocycles. The highest BCUT2D eigenvalue weighted by molar-refractivity contribution is 6.18. The van der Waals surface area contributed by atoms with E-state index in [1.807, 2.05) is 0 Å². The lowest BCUT2D eigenvalue weighted by Gasteiger charge is -1.85. The molecule has 0 radical (unpaired) electrons. The third-order valence-corrected chi connectivity index (χ3v) is 1.43. The molecule has 0 saturated carbocycles. The van der Waals surface area contributed by atoms with E-state index in [4.69, 9.17) is 23.2 Å². The van der Waals surface area contributed by atoms with Crippen LogP contribution < -0.4 is 0 Å². The Kier molecular flexibility index (Phi) is 8.62. The molecule has 0 heterocycles. The SMILES string of the molecule is ClCC/C=C/CCCCl. The second kappa shape index (κ2) is 8.32. The van der Waals surface area contributed by atoms with Gasteiger partial charge in [0.25, 0.3) is 0 Å². The average molecular weight is 167 g/mol. The van der Waals surface area contributed by atoms with E-state index in [0.717, 1.165) is 31.0 Å². The summed E-state index contributed by atoms with van der Waals surface area (Å²) in [6.45, 7) is 0. The summed E-state index contributed by atoms with van der Waals surface area (Å²) in [5.74, 6) is 1.47. The lowest BCUT2D eigenvalue weighted by Crippen LogP contribution is -1.71. The van der Waals surface area contributed by atoms with E-state index in [9.17, 15) is 0 Å². The molecule has 0 spiro atoms. The fourth-order valence-electron chi connectivity index (χ4n) is 0.494. The van der Waals surface area contributed by atoms with Crippen LogP contribution in [0.4, 0.5) is 0 Å². The van der Waals surface area contributed by atoms with Crippen molar-refractivity contribution in [3.8, 4) is 0 Å². The standard InChI is InChI=1S/C7H12Cl2/c8-6-4-2-1-3-5-7-9/h1-2H,3-7H2/b2-1+. The van der Waals surface area contributed by atoms with Gasteiger partial charge in [-0.1, -0.05) is 12.2 Å². The predicted octanol–water partition coefficient (Wildman–Crippen LogP) is 3.19. The summed E-state index contributed by atoms with van der Waals surface area (Å²) in [7, 11) is 0. The van der Waals surface area contributed by atoms with Crippen LogP contribution in [0.1, 0.15) is 19.3 Å². The first-order chi connectivity index (χ1) is 4.41. The molecule has 0 rings (SSSR count). The van der Waals surface area contributed by atoms with Crippen molar-refractivity contribution >= 4 is 23.2 Å². The molecule has 0 atom stereocenters. The highest BCUT2D eigenvalue weighted by atomic mass is 35.5. The van der Waals surface area contributed by atoms with Crippen LogP contribution in [0.2, 0.25) is 0 Å². The first-order valence-corrected chi connectivity index (χ1v) is 4.25. The quantitative estimate of drug-likeness (QED) is 0.335. The average Bonchev–Trinajstić information content (AvgIpc) is 1.89. The van der Waals surface area contributed by atoms with Gasteiger partial charge in [-0.2, -0.15) is 0 Å². The molecule has 0 amide bonds. The van der Waals surface area contributed by atoms with Gasteiger partial charge in [0, 0.05) is 11.8 Å². The Hall–Kier alpha value is 0.320. The van der Waals surface area contributed by atoms with Crippen molar-refractivity contribution in [2.75, 3.05) is 11.8 Å². The van der Waals surface area contributed by atoms with Crippen molar-refractivity contribution in [2.24, 2.45) is 0 Å². The number of rotatable bonds is 5. The molecule has 0 saturated heterocycles. The lowest BCUT2D eigenvalue weighted by atomic mass is 10.3. The molecule has 0 aromatic rings. The van der Waals surface area contributed by atoms with Crippen molar-refractivity contribution in [1.82, 2.24) is 0 Å². The fraction of sp³-hybridized carbons (Fsp3) is 0.714. The first kappa shape index (κ1) is 9.32. The van der Waals surface area contributed by atoms with Gasteiger partial charge in [-0.3, -0.25) is 0 Å². The Labute approximate surface area is 66.8 Å². The van der Waals surface area contributed by atoms with Crippen molar-refractivity contribution < 1.29 is 0 Å². The van der Waals surface area contributed by atoms with Crippen LogP contribution in [-0.2, 0) is 0 Å². The topological polar surface area (TPSA) is 0 Å². The lowest BCUT2D eigenvalue weighted by molar-refractivity contribution is 0.959. The number of hydrogen-bond donors (Lipinski definition) is 0. The molecule has 0 aromatic carbocycles. The molecule has 0 aliphatic carbocycles. The summed E-state index contributed by atoms with van der Waals surface area (Å²) in [5.41, 5.74) is 0. The molecular formula is C7H12Cl2. The maximum atomic E-state index is 5.45. The summed E-state index contributed by atoms with van der Waals surface area (Å²) in [5, 5.41) is 0. The van der Waals surface area contributed by atoms with E-state index in [1.165, 1.54) is 0 Å². The van der Waals surface area contributed by atoms with Crippen LogP contribution in [-0.4, -0.2) is 11.8 Å². The highest BCUT2D eigenvalue weighted by Crippen LogP contribution is 1.95. The number of unbranched alkanes of at least 4 members (excludes halogenated alkanes) is 1. The van der Waals surface area contributed by atoms with Crippen LogP contribution in [0, 0.1) is 0 Å². The van der Waals surface area contributed by atoms with E-state index >= 15 is 0 Å². The molecule has 0 unspecified atom stereocenters. The second-order valence-electron chi connectivity index (χ2n) is 1.78. The largest absolute Gasteiger partial charge is 0.127 e. The smallest absolute Gasteiger partial charge is 0.0257 e. The molecule has 2 heteroatoms. The molecule has 0 aromatic heterocycles. The normalized spacial score (nSPS) is 10.9. The number of allylic oxidation sites excluding steroid dienone is 2. The zero-order valence-corrected chi connectivity index (χ0v) is 6.96. The molecule has 0 N–H and O–H groups in total. The first-order valence-electron chi connectivity index (χ1n) is 3.18. The number of alkyl halides is 2. The second-order valence-corrected chi connectivity index (χ2v) is 2.54. The summed E-state index contributed by atoms with van der Waals surface area (Å²) in [4.78, 5) is 0. The number of halogens is 2. The van der Waals surface area contributed by atoms with E-state index in [-0.39, 0.29) is 0 Å². The van der Waals surface area contributed by atoms with Gasteiger partial charge in [-0.15, -0.1) is 23.2 Å². The van der Waals surface area contributed by atoms with Crippen molar-refractivity contribution in [2.45, 2.75) is 19.3 Å². The maximum absolute atomic E-state index is 5.45. The molecule has 9 heavy (non-hydrogen) atoms. The van der Waals surface area contributed by atoms with Crippen molar-refractivity contribution in [3.63, 3.8) is 0 Å². The van der Waals surface area contributed by atoms with Gasteiger partial charge in [0.05, 0.1) is 0 Å². The Bertz CT molecular complexity index is 69.3. The van der Waals surface area contributed by atoms with Crippen LogP contribution in [0.5, 0.6) is 0 Å². The van der Waals surface area contributed by atoms with Crippen LogP contribution in [0.15, 0.2) is 12.2 Å². The van der Waals surface area contributed by atoms with Gasteiger partial charge >= 0.3 is 0 Å². The van der Waals surface area contributed by atoms with Gasteiger partial charge in [-0.25, -0.2) is 0 Å². The van der Waals surface area contributed by atoms with E-state index < -0.39 is 0 Å². The minimum Gasteiger partial charge on any atom is -0.127 e. The summed E-state index contributed by atoms with van der Waals surface area (Å²) in [6.07, 6.45) is 7.36. The summed E-state index contributed by atoms with van der Waals surface area (Å²) in [6, 6.07) is 0. The Balaban J connectivity index is 2.86. The van der Waals surface area contributed by atoms with Crippen LogP contribution >= 0.6 is 23.2 Å². The molecule has 54 valence electrons. The third kappa shape index (κ3) is 8.32. The Morgan fingerprint density at radius 3 is 2.11 bits per heavy atom. The van der Waals surface area contributed by atoms with E-state index in [0.29, 0.717) is 0 Å². The molecule has 0 nitrogen and oxygen atoms in total. The maximum Gasteiger partial charge on any atom is 0.0257 e. The van der Waals surface area contributed by atoms with Gasteiger partial charge < -0.3 is 0 Å². The summed E-state index contributed by atoms with van der Waals surface area (Å²) < 4.78 is 0. The van der Waals surface area contributed by atoms with Crippen molar-refractivity contribution in [1.29, 1.82) is 0 Å². The van der Waals surface area contributed by atoms with E-state index in [2.05, 4.69) is 12.2 Å². The number of hydrogen-bond acceptors (Lipinski definition) is 0. The summed E-state index contributed by atoms with van der Waals surface area (Å²) >= 11 is 10.9. The minimum absolute atomic E-state index is 0.720. The van der Waals surface area contributed by atoms with Crippen LogP contribution in [0.25, 0.3) is 0 Å². The highest BCUT2D eigenvalue weighted by Gasteiger charge is 1.78. The van der Waals surface area contributed by atoms with Crippen LogP contribution in [0.3, 0.4) is 0 Å². The van der Waals surface area contributed by atoms with Gasteiger partial charge in [0.1, 0.15) is 0 Å². The zero-order chi connectivity index (χ0) is 6.95. The monoisotopic (exact) mass is 166 g/mol. The van der Waals surface area contributed by atoms with Gasteiger partial charge in [0.15, 0.2) is 0 Å². The van der Waals surface area contributed by atoms with E-state index in [1.54, 1.807) is 0 Å². The minimum atomic E-state index is 0.720. The van der Waals surface area contributed by atoms with Gasteiger partial charge in [0.2, 0.25) is 0 Å². The Morgan fingerprint density at radius 2 is 1.56 bits per heavy atom. The third-order valence-electron chi connectivity index (χ3n) is 0.947. The zero-order valence-electron chi connectivity index (χ0n) is 5.45. The molecule has 0 fully saturated rings. The predicted molar refractivity (Wildman–Crippen MR) is 44.4 cm³/mol. The van der Waals surface area contributed by atoms with Crippen molar-refractivity contribution in [3.05, 3.63) is 12.2 Å². The molecular weight excluding hydrogens is 155 g/mol. The molecule has 0 aliphatic rings. The molecule has 0 bridgehead atoms. The fourth-order valence-corrected chi connectivity index (χ4v) is 0.774. The van der Waals surface area contributed by atoms with Gasteiger partial charge in [-0.05, 0) is 19.3 Å². The Morgan fingerprint density at radius 1 is 0.889 bits per heavy atom.